The Hall–Kier alpha value is -1.20. The Morgan fingerprint density at radius 1 is 1.22 bits per heavy atom. The second-order valence-electron chi connectivity index (χ2n) is 6.47. The molecule has 0 unspecified atom stereocenters. The number of halogens is 3. The van der Waals surface area contributed by atoms with Crippen LogP contribution >= 0.6 is 12.4 Å². The van der Waals surface area contributed by atoms with Gasteiger partial charge in [0.05, 0.1) is 0 Å². The van der Waals surface area contributed by atoms with Crippen molar-refractivity contribution in [1.82, 2.24) is 4.90 Å². The van der Waals surface area contributed by atoms with Crippen molar-refractivity contribution >= 4 is 18.3 Å². The van der Waals surface area contributed by atoms with E-state index in [0.717, 1.165) is 38.2 Å². The van der Waals surface area contributed by atoms with Crippen LogP contribution in [0.2, 0.25) is 0 Å². The lowest BCUT2D eigenvalue weighted by molar-refractivity contribution is -0.137. The molecule has 1 amide bonds. The van der Waals surface area contributed by atoms with E-state index in [9.17, 15) is 13.6 Å². The molecule has 0 aliphatic heterocycles. The van der Waals surface area contributed by atoms with Crippen molar-refractivity contribution in [2.45, 2.75) is 44.7 Å². The highest BCUT2D eigenvalue weighted by atomic mass is 35.5. The maximum atomic E-state index is 13.9. The van der Waals surface area contributed by atoms with Gasteiger partial charge in [-0.2, -0.15) is 0 Å². The van der Waals surface area contributed by atoms with Gasteiger partial charge < -0.3 is 10.6 Å². The highest BCUT2D eigenvalue weighted by molar-refractivity contribution is 5.85. The zero-order valence-electron chi connectivity index (χ0n) is 13.0. The number of benzene rings is 1. The average Bonchev–Trinajstić information content (AvgIpc) is 3.22. The molecule has 2 aliphatic rings. The van der Waals surface area contributed by atoms with E-state index in [1.165, 1.54) is 12.1 Å². The molecule has 2 fully saturated rings. The molecule has 2 saturated carbocycles. The van der Waals surface area contributed by atoms with Gasteiger partial charge in [-0.15, -0.1) is 12.4 Å². The number of carbonyl (C=O) groups is 1. The average molecular weight is 345 g/mol. The van der Waals surface area contributed by atoms with Crippen LogP contribution in [0.1, 0.15) is 37.7 Å². The quantitative estimate of drug-likeness (QED) is 0.891. The van der Waals surface area contributed by atoms with E-state index in [2.05, 4.69) is 0 Å². The Bertz CT molecular complexity index is 566. The van der Waals surface area contributed by atoms with Gasteiger partial charge in [0.15, 0.2) is 0 Å². The van der Waals surface area contributed by atoms with Gasteiger partial charge in [0, 0.05) is 30.1 Å². The molecule has 2 aliphatic carbocycles. The van der Waals surface area contributed by atoms with E-state index in [1.807, 2.05) is 0 Å². The van der Waals surface area contributed by atoms with Gasteiger partial charge >= 0.3 is 0 Å². The number of hydrogen-bond acceptors (Lipinski definition) is 2. The van der Waals surface area contributed by atoms with Gasteiger partial charge in [-0.3, -0.25) is 4.79 Å². The molecule has 0 bridgehead atoms. The van der Waals surface area contributed by atoms with E-state index >= 15 is 0 Å². The second kappa shape index (κ2) is 7.58. The van der Waals surface area contributed by atoms with E-state index in [1.54, 1.807) is 4.90 Å². The highest BCUT2D eigenvalue weighted by Gasteiger charge is 2.40. The summed E-state index contributed by atoms with van der Waals surface area (Å²) in [7, 11) is 0. The normalized spacial score (nSPS) is 23.4. The lowest BCUT2D eigenvalue weighted by Crippen LogP contribution is -2.40. The molecular weight excluding hydrogens is 322 g/mol. The molecule has 0 saturated heterocycles. The third-order valence-electron chi connectivity index (χ3n) is 4.91. The van der Waals surface area contributed by atoms with Crippen LogP contribution < -0.4 is 5.73 Å². The molecular formula is C17H23ClF2N2O. The third-order valence-corrected chi connectivity index (χ3v) is 4.91. The van der Waals surface area contributed by atoms with E-state index < -0.39 is 11.6 Å². The van der Waals surface area contributed by atoms with Crippen molar-refractivity contribution in [1.29, 1.82) is 0 Å². The molecule has 0 heterocycles. The molecule has 0 aromatic heterocycles. The fourth-order valence-electron chi connectivity index (χ4n) is 3.46. The number of carbonyl (C=O) groups excluding carboxylic acids is 1. The molecule has 2 atom stereocenters. The van der Waals surface area contributed by atoms with Gasteiger partial charge in [-0.1, -0.05) is 12.5 Å². The molecule has 3 rings (SSSR count). The van der Waals surface area contributed by atoms with Gasteiger partial charge in [0.2, 0.25) is 5.91 Å². The van der Waals surface area contributed by atoms with Crippen molar-refractivity contribution in [3.8, 4) is 0 Å². The van der Waals surface area contributed by atoms with E-state index in [0.29, 0.717) is 12.1 Å². The first-order chi connectivity index (χ1) is 10.6. The Morgan fingerprint density at radius 3 is 2.57 bits per heavy atom. The van der Waals surface area contributed by atoms with Crippen LogP contribution in [0.15, 0.2) is 18.2 Å². The second-order valence-corrected chi connectivity index (χ2v) is 6.47. The summed E-state index contributed by atoms with van der Waals surface area (Å²) >= 11 is 0. The lowest BCUT2D eigenvalue weighted by atomic mass is 9.94. The largest absolute Gasteiger partial charge is 0.335 e. The zero-order chi connectivity index (χ0) is 15.7. The van der Waals surface area contributed by atoms with Crippen LogP contribution in [0.25, 0.3) is 0 Å². The first-order valence-corrected chi connectivity index (χ1v) is 8.04. The summed E-state index contributed by atoms with van der Waals surface area (Å²) in [4.78, 5) is 14.6. The summed E-state index contributed by atoms with van der Waals surface area (Å²) < 4.78 is 26.9. The van der Waals surface area contributed by atoms with Crippen molar-refractivity contribution in [3.05, 3.63) is 35.4 Å². The summed E-state index contributed by atoms with van der Waals surface area (Å²) in [6, 6.07) is 3.76. The topological polar surface area (TPSA) is 46.3 Å². The van der Waals surface area contributed by atoms with Crippen LogP contribution in [0.4, 0.5) is 8.78 Å². The third kappa shape index (κ3) is 4.01. The van der Waals surface area contributed by atoms with Crippen molar-refractivity contribution < 1.29 is 13.6 Å². The first kappa shape index (κ1) is 18.1. The number of nitrogens with zero attached hydrogens (tertiary/aromatic N) is 1. The van der Waals surface area contributed by atoms with Crippen LogP contribution in [-0.4, -0.2) is 23.4 Å². The fraction of sp³-hybridized carbons (Fsp3) is 0.588. The molecule has 0 spiro atoms. The molecule has 6 heteroatoms. The van der Waals surface area contributed by atoms with Crippen molar-refractivity contribution in [2.75, 3.05) is 6.54 Å². The Morgan fingerprint density at radius 2 is 1.96 bits per heavy atom. The molecule has 0 radical (unpaired) electrons. The fourth-order valence-corrected chi connectivity index (χ4v) is 3.46. The Labute approximate surface area is 141 Å². The van der Waals surface area contributed by atoms with Crippen LogP contribution in [-0.2, 0) is 11.3 Å². The predicted octanol–water partition coefficient (Wildman–Crippen LogP) is 3.25. The molecule has 3 nitrogen and oxygen atoms in total. The first-order valence-electron chi connectivity index (χ1n) is 8.04. The minimum absolute atomic E-state index is 0. The number of amides is 1. The molecule has 1 aromatic rings. The maximum absolute atomic E-state index is 13.9. The van der Waals surface area contributed by atoms with Gasteiger partial charge in [-0.05, 0) is 44.2 Å². The Kier molecular flexibility index (Phi) is 5.98. The summed E-state index contributed by atoms with van der Waals surface area (Å²) in [5, 5.41) is 0. The highest BCUT2D eigenvalue weighted by Crippen LogP contribution is 2.37. The van der Waals surface area contributed by atoms with Gasteiger partial charge in [0.1, 0.15) is 11.6 Å². The van der Waals surface area contributed by atoms with Crippen molar-refractivity contribution in [3.63, 3.8) is 0 Å². The van der Waals surface area contributed by atoms with Crippen molar-refractivity contribution in [2.24, 2.45) is 17.6 Å². The van der Waals surface area contributed by atoms with Gasteiger partial charge in [0.25, 0.3) is 0 Å². The minimum Gasteiger partial charge on any atom is -0.335 e. The Balaban J connectivity index is 0.00000192. The molecule has 2 N–H and O–H groups in total. The van der Waals surface area contributed by atoms with E-state index in [-0.39, 0.29) is 42.7 Å². The smallest absolute Gasteiger partial charge is 0.226 e. The summed E-state index contributed by atoms with van der Waals surface area (Å²) in [6.45, 7) is 0.753. The summed E-state index contributed by atoms with van der Waals surface area (Å²) in [5.41, 5.74) is 6.15. The van der Waals surface area contributed by atoms with E-state index in [4.69, 9.17) is 5.73 Å². The SMILES string of the molecule is Cl.NC[C@H]1CCC[C@H]1C(=O)N(Cc1ccc(F)cc1F)C1CC1. The standard InChI is InChI=1S/C17H22F2N2O.ClH/c18-13-5-4-12(16(19)8-13)10-21(14-6-7-14)17(22)15-3-1-2-11(15)9-20;/h4-5,8,11,14-15H,1-3,6-7,9-10,20H2;1H/t11-,15-;/m1./s1. The number of rotatable bonds is 5. The molecule has 23 heavy (non-hydrogen) atoms. The van der Waals surface area contributed by atoms with Crippen LogP contribution in [0.3, 0.4) is 0 Å². The zero-order valence-corrected chi connectivity index (χ0v) is 13.8. The number of nitrogens with two attached hydrogens (primary N) is 1. The summed E-state index contributed by atoms with van der Waals surface area (Å²) in [6.07, 6.45) is 4.83. The van der Waals surface area contributed by atoms with Crippen LogP contribution in [0.5, 0.6) is 0 Å². The summed E-state index contributed by atoms with van der Waals surface area (Å²) in [5.74, 6) is -0.870. The lowest BCUT2D eigenvalue weighted by Gasteiger charge is -2.28. The van der Waals surface area contributed by atoms with Crippen LogP contribution in [0, 0.1) is 23.5 Å². The predicted molar refractivity (Wildman–Crippen MR) is 87.1 cm³/mol. The molecule has 128 valence electrons. The maximum Gasteiger partial charge on any atom is 0.226 e. The minimum atomic E-state index is -0.593. The molecule has 1 aromatic carbocycles. The monoisotopic (exact) mass is 344 g/mol. The number of hydrogen-bond donors (Lipinski definition) is 1. The van der Waals surface area contributed by atoms with Gasteiger partial charge in [-0.25, -0.2) is 8.78 Å².